The smallest absolute Gasteiger partial charge is 0.321 e. The van der Waals surface area contributed by atoms with E-state index >= 15 is 0 Å². The summed E-state index contributed by atoms with van der Waals surface area (Å²) < 4.78 is 0.903. The molecule has 18 heavy (non-hydrogen) atoms. The molecule has 0 bridgehead atoms. The van der Waals surface area contributed by atoms with Crippen molar-refractivity contribution in [2.45, 2.75) is 25.7 Å². The minimum absolute atomic E-state index is 0.0545. The van der Waals surface area contributed by atoms with Gasteiger partial charge in [-0.3, -0.25) is 0 Å². The number of nitrogens with one attached hydrogen (secondary N) is 1. The van der Waals surface area contributed by atoms with Gasteiger partial charge in [0.05, 0.1) is 10.7 Å². The van der Waals surface area contributed by atoms with Gasteiger partial charge in [0.25, 0.3) is 0 Å². The zero-order valence-electron chi connectivity index (χ0n) is 10.1. The van der Waals surface area contributed by atoms with Crippen molar-refractivity contribution in [3.8, 4) is 0 Å². The molecule has 1 N–H and O–H groups in total. The summed E-state index contributed by atoms with van der Waals surface area (Å²) in [5, 5.41) is 3.42. The lowest BCUT2D eigenvalue weighted by molar-refractivity contribution is 0.214. The Morgan fingerprint density at radius 3 is 2.50 bits per heavy atom. The van der Waals surface area contributed by atoms with Crippen LogP contribution in [-0.4, -0.2) is 24.0 Å². The topological polar surface area (TPSA) is 32.3 Å². The van der Waals surface area contributed by atoms with Crippen molar-refractivity contribution < 1.29 is 4.79 Å². The van der Waals surface area contributed by atoms with E-state index in [1.165, 1.54) is 12.8 Å². The molecule has 1 heterocycles. The highest BCUT2D eigenvalue weighted by atomic mass is 79.9. The minimum Gasteiger partial charge on any atom is -0.325 e. The molecule has 3 nitrogen and oxygen atoms in total. The third-order valence-electron chi connectivity index (χ3n) is 3.07. The SMILES string of the molecule is O=C(Nc1ccc(Br)cc1Cl)N1CCCCCC1. The van der Waals surface area contributed by atoms with E-state index in [2.05, 4.69) is 21.2 Å². The van der Waals surface area contributed by atoms with Crippen LogP contribution in [0.25, 0.3) is 0 Å². The van der Waals surface area contributed by atoms with Gasteiger partial charge in [-0.05, 0) is 31.0 Å². The summed E-state index contributed by atoms with van der Waals surface area (Å²) in [5.41, 5.74) is 0.661. The molecule has 1 aliphatic heterocycles. The molecule has 0 unspecified atom stereocenters. The lowest BCUT2D eigenvalue weighted by Crippen LogP contribution is -2.35. The van der Waals surface area contributed by atoms with E-state index in [-0.39, 0.29) is 6.03 Å². The van der Waals surface area contributed by atoms with E-state index in [4.69, 9.17) is 11.6 Å². The molecular formula is C13H16BrClN2O. The lowest BCUT2D eigenvalue weighted by Gasteiger charge is -2.21. The first kappa shape index (κ1) is 13.7. The highest BCUT2D eigenvalue weighted by Crippen LogP contribution is 2.26. The van der Waals surface area contributed by atoms with E-state index in [0.29, 0.717) is 10.7 Å². The molecule has 2 amide bonds. The monoisotopic (exact) mass is 330 g/mol. The average molecular weight is 332 g/mol. The van der Waals surface area contributed by atoms with Gasteiger partial charge < -0.3 is 10.2 Å². The largest absolute Gasteiger partial charge is 0.325 e. The molecule has 1 aliphatic rings. The summed E-state index contributed by atoms with van der Waals surface area (Å²) in [7, 11) is 0. The third kappa shape index (κ3) is 3.62. The molecule has 5 heteroatoms. The summed E-state index contributed by atoms with van der Waals surface area (Å²) in [6, 6.07) is 5.40. The summed E-state index contributed by atoms with van der Waals surface area (Å²) in [4.78, 5) is 14.0. The van der Waals surface area contributed by atoms with Gasteiger partial charge in [-0.15, -0.1) is 0 Å². The van der Waals surface area contributed by atoms with E-state index in [0.717, 1.165) is 30.4 Å². The Labute approximate surface area is 121 Å². The van der Waals surface area contributed by atoms with Gasteiger partial charge in [-0.25, -0.2) is 4.79 Å². The molecule has 0 atom stereocenters. The zero-order valence-corrected chi connectivity index (χ0v) is 12.4. The number of benzene rings is 1. The highest BCUT2D eigenvalue weighted by molar-refractivity contribution is 9.10. The Kier molecular flexibility index (Phi) is 4.89. The van der Waals surface area contributed by atoms with Crippen molar-refractivity contribution in [1.29, 1.82) is 0 Å². The van der Waals surface area contributed by atoms with Crippen LogP contribution in [0.2, 0.25) is 5.02 Å². The first-order chi connectivity index (χ1) is 8.66. The predicted octanol–water partition coefficient (Wildman–Crippen LogP) is 4.51. The molecule has 0 radical (unpaired) electrons. The van der Waals surface area contributed by atoms with Crippen molar-refractivity contribution >= 4 is 39.2 Å². The number of carbonyl (C=O) groups is 1. The number of rotatable bonds is 1. The Morgan fingerprint density at radius 1 is 1.22 bits per heavy atom. The van der Waals surface area contributed by atoms with Gasteiger partial charge in [0.2, 0.25) is 0 Å². The van der Waals surface area contributed by atoms with E-state index < -0.39 is 0 Å². The maximum atomic E-state index is 12.1. The van der Waals surface area contributed by atoms with Crippen molar-refractivity contribution in [2.75, 3.05) is 18.4 Å². The van der Waals surface area contributed by atoms with Crippen LogP contribution in [0.5, 0.6) is 0 Å². The number of hydrogen-bond acceptors (Lipinski definition) is 1. The van der Waals surface area contributed by atoms with Gasteiger partial charge in [0, 0.05) is 17.6 Å². The fraction of sp³-hybridized carbons (Fsp3) is 0.462. The Balaban J connectivity index is 2.01. The summed E-state index contributed by atoms with van der Waals surface area (Å²) in [5.74, 6) is 0. The van der Waals surface area contributed by atoms with Crippen LogP contribution in [0.15, 0.2) is 22.7 Å². The van der Waals surface area contributed by atoms with Crippen LogP contribution in [-0.2, 0) is 0 Å². The number of urea groups is 1. The molecule has 0 spiro atoms. The number of anilines is 1. The van der Waals surface area contributed by atoms with Crippen LogP contribution in [0.3, 0.4) is 0 Å². The standard InChI is InChI=1S/C13H16BrClN2O/c14-10-5-6-12(11(15)9-10)16-13(18)17-7-3-1-2-4-8-17/h5-6,9H,1-4,7-8H2,(H,16,18). The molecule has 0 aromatic heterocycles. The molecule has 1 aromatic carbocycles. The number of likely N-dealkylation sites (tertiary alicyclic amines) is 1. The van der Waals surface area contributed by atoms with Gasteiger partial charge in [-0.2, -0.15) is 0 Å². The maximum absolute atomic E-state index is 12.1. The minimum atomic E-state index is -0.0545. The fourth-order valence-electron chi connectivity index (χ4n) is 2.06. The van der Waals surface area contributed by atoms with Crippen LogP contribution in [0.4, 0.5) is 10.5 Å². The molecule has 98 valence electrons. The third-order valence-corrected chi connectivity index (χ3v) is 3.87. The summed E-state index contributed by atoms with van der Waals surface area (Å²) >= 11 is 9.42. The molecule has 1 aromatic rings. The quantitative estimate of drug-likeness (QED) is 0.806. The van der Waals surface area contributed by atoms with Gasteiger partial charge in [0.15, 0.2) is 0 Å². The predicted molar refractivity (Wildman–Crippen MR) is 78.2 cm³/mol. The van der Waals surface area contributed by atoms with E-state index in [1.54, 1.807) is 6.07 Å². The molecule has 0 saturated carbocycles. The first-order valence-corrected chi connectivity index (χ1v) is 7.35. The number of nitrogens with zero attached hydrogens (tertiary/aromatic N) is 1. The molecule has 1 fully saturated rings. The van der Waals surface area contributed by atoms with Crippen LogP contribution in [0.1, 0.15) is 25.7 Å². The second-order valence-electron chi connectivity index (χ2n) is 4.46. The molecular weight excluding hydrogens is 316 g/mol. The number of amides is 2. The van der Waals surface area contributed by atoms with Crippen molar-refractivity contribution in [1.82, 2.24) is 4.90 Å². The summed E-state index contributed by atoms with van der Waals surface area (Å²) in [6.07, 6.45) is 4.59. The van der Waals surface area contributed by atoms with Crippen LogP contribution >= 0.6 is 27.5 Å². The van der Waals surface area contributed by atoms with Crippen LogP contribution in [0, 0.1) is 0 Å². The Bertz CT molecular complexity index is 431. The van der Waals surface area contributed by atoms with Crippen molar-refractivity contribution in [2.24, 2.45) is 0 Å². The fourth-order valence-corrected chi connectivity index (χ4v) is 2.78. The zero-order chi connectivity index (χ0) is 13.0. The first-order valence-electron chi connectivity index (χ1n) is 6.18. The Morgan fingerprint density at radius 2 is 1.89 bits per heavy atom. The number of carbonyl (C=O) groups excluding carboxylic acids is 1. The Hall–Kier alpha value is -0.740. The lowest BCUT2D eigenvalue weighted by atomic mass is 10.2. The van der Waals surface area contributed by atoms with Gasteiger partial charge in [0.1, 0.15) is 0 Å². The van der Waals surface area contributed by atoms with Gasteiger partial charge >= 0.3 is 6.03 Å². The van der Waals surface area contributed by atoms with E-state index in [9.17, 15) is 4.79 Å². The normalized spacial score (nSPS) is 16.2. The maximum Gasteiger partial charge on any atom is 0.321 e. The van der Waals surface area contributed by atoms with Crippen LogP contribution < -0.4 is 5.32 Å². The summed E-state index contributed by atoms with van der Waals surface area (Å²) in [6.45, 7) is 1.67. The second-order valence-corrected chi connectivity index (χ2v) is 5.78. The van der Waals surface area contributed by atoms with E-state index in [1.807, 2.05) is 17.0 Å². The second kappa shape index (κ2) is 6.43. The average Bonchev–Trinajstić information content (AvgIpc) is 2.61. The molecule has 0 aliphatic carbocycles. The van der Waals surface area contributed by atoms with Crippen molar-refractivity contribution in [3.05, 3.63) is 27.7 Å². The van der Waals surface area contributed by atoms with Gasteiger partial charge in [-0.1, -0.05) is 40.4 Å². The number of hydrogen-bond donors (Lipinski definition) is 1. The molecule has 1 saturated heterocycles. The van der Waals surface area contributed by atoms with Crippen molar-refractivity contribution in [3.63, 3.8) is 0 Å². The number of halogens is 2. The molecule has 2 rings (SSSR count). The highest BCUT2D eigenvalue weighted by Gasteiger charge is 2.16.